The van der Waals surface area contributed by atoms with E-state index in [-0.39, 0.29) is 29.4 Å². The highest BCUT2D eigenvalue weighted by Gasteiger charge is 2.11. The summed E-state index contributed by atoms with van der Waals surface area (Å²) in [5.41, 5.74) is 0.762. The number of phenolic OH excluding ortho intramolecular Hbond substituents is 3. The van der Waals surface area contributed by atoms with Crippen molar-refractivity contribution in [3.8, 4) is 17.2 Å². The molecule has 0 aliphatic heterocycles. The fraction of sp³-hybridized carbons (Fsp3) is 0.0714. The molecule has 0 saturated heterocycles. The number of rotatable bonds is 4. The van der Waals surface area contributed by atoms with Gasteiger partial charge < -0.3 is 25.7 Å². The molecule has 0 spiro atoms. The second-order valence-corrected chi connectivity index (χ2v) is 4.20. The summed E-state index contributed by atoms with van der Waals surface area (Å²) in [7, 11) is 0. The minimum Gasteiger partial charge on any atom is -0.508 e. The predicted molar refractivity (Wildman–Crippen MR) is 72.2 cm³/mol. The van der Waals surface area contributed by atoms with Gasteiger partial charge in [0.2, 0.25) is 0 Å². The van der Waals surface area contributed by atoms with Gasteiger partial charge in [0.25, 0.3) is 0 Å². The Morgan fingerprint density at radius 2 is 1.65 bits per heavy atom. The Bertz CT molecular complexity index is 654. The summed E-state index contributed by atoms with van der Waals surface area (Å²) in [6, 6.07) is 8.10. The number of benzene rings is 2. The smallest absolute Gasteiger partial charge is 0.337 e. The molecule has 2 aromatic carbocycles. The maximum absolute atomic E-state index is 11.1. The molecule has 104 valence electrons. The lowest BCUT2D eigenvalue weighted by atomic mass is 10.1. The fourth-order valence-electron chi connectivity index (χ4n) is 1.76. The van der Waals surface area contributed by atoms with E-state index in [1.807, 2.05) is 0 Å². The van der Waals surface area contributed by atoms with Gasteiger partial charge in [-0.3, -0.25) is 0 Å². The minimum absolute atomic E-state index is 0.0536. The highest BCUT2D eigenvalue weighted by molar-refractivity contribution is 5.94. The summed E-state index contributed by atoms with van der Waals surface area (Å²) in [6.45, 7) is 0.178. The molecule has 0 bridgehead atoms. The van der Waals surface area contributed by atoms with E-state index >= 15 is 0 Å². The molecule has 6 nitrogen and oxygen atoms in total. The van der Waals surface area contributed by atoms with Crippen molar-refractivity contribution in [3.63, 3.8) is 0 Å². The molecule has 6 heteroatoms. The quantitative estimate of drug-likeness (QED) is 0.547. The Kier molecular flexibility index (Phi) is 3.65. The van der Waals surface area contributed by atoms with Crippen molar-refractivity contribution in [2.45, 2.75) is 6.54 Å². The van der Waals surface area contributed by atoms with Gasteiger partial charge in [0, 0.05) is 23.9 Å². The van der Waals surface area contributed by atoms with Crippen LogP contribution in [-0.2, 0) is 6.54 Å². The summed E-state index contributed by atoms with van der Waals surface area (Å²) < 4.78 is 0. The van der Waals surface area contributed by atoms with Crippen LogP contribution in [0.2, 0.25) is 0 Å². The first-order valence-corrected chi connectivity index (χ1v) is 5.78. The van der Waals surface area contributed by atoms with Gasteiger partial charge >= 0.3 is 5.97 Å². The Balaban J connectivity index is 2.20. The number of carboxylic acid groups (broad SMARTS) is 1. The molecule has 0 radical (unpaired) electrons. The van der Waals surface area contributed by atoms with Crippen LogP contribution in [0.25, 0.3) is 0 Å². The minimum atomic E-state index is -1.17. The summed E-state index contributed by atoms with van der Waals surface area (Å²) in [5, 5.41) is 40.0. The van der Waals surface area contributed by atoms with Crippen LogP contribution in [-0.4, -0.2) is 26.4 Å². The molecule has 20 heavy (non-hydrogen) atoms. The van der Waals surface area contributed by atoms with E-state index < -0.39 is 5.97 Å². The second kappa shape index (κ2) is 5.40. The number of hydrogen-bond donors (Lipinski definition) is 5. The zero-order chi connectivity index (χ0) is 14.7. The fourth-order valence-corrected chi connectivity index (χ4v) is 1.76. The lowest BCUT2D eigenvalue weighted by Crippen LogP contribution is -2.06. The molecule has 0 heterocycles. The van der Waals surface area contributed by atoms with Crippen LogP contribution in [0.15, 0.2) is 36.4 Å². The molecule has 0 unspecified atom stereocenters. The highest BCUT2D eigenvalue weighted by Crippen LogP contribution is 2.25. The van der Waals surface area contributed by atoms with Crippen molar-refractivity contribution in [1.29, 1.82) is 0 Å². The number of phenols is 3. The Morgan fingerprint density at radius 1 is 1.00 bits per heavy atom. The van der Waals surface area contributed by atoms with Gasteiger partial charge in [-0.15, -0.1) is 0 Å². The molecule has 0 aliphatic rings. The highest BCUT2D eigenvalue weighted by atomic mass is 16.4. The van der Waals surface area contributed by atoms with Crippen molar-refractivity contribution in [2.24, 2.45) is 0 Å². The van der Waals surface area contributed by atoms with Crippen LogP contribution in [0.1, 0.15) is 15.9 Å². The van der Waals surface area contributed by atoms with Gasteiger partial charge in [-0.1, -0.05) is 0 Å². The molecule has 2 rings (SSSR count). The molecule has 0 aliphatic carbocycles. The summed E-state index contributed by atoms with van der Waals surface area (Å²) in [6.07, 6.45) is 0. The van der Waals surface area contributed by atoms with Crippen molar-refractivity contribution < 1.29 is 25.2 Å². The number of hydrogen-bond acceptors (Lipinski definition) is 5. The van der Waals surface area contributed by atoms with Crippen LogP contribution in [0.5, 0.6) is 17.2 Å². The van der Waals surface area contributed by atoms with E-state index in [4.69, 9.17) is 5.11 Å². The van der Waals surface area contributed by atoms with Crippen molar-refractivity contribution >= 4 is 11.7 Å². The van der Waals surface area contributed by atoms with Gasteiger partial charge in [-0.2, -0.15) is 0 Å². The summed E-state index contributed by atoms with van der Waals surface area (Å²) >= 11 is 0. The maximum atomic E-state index is 11.1. The van der Waals surface area contributed by atoms with Gasteiger partial charge in [0.15, 0.2) is 0 Å². The van der Waals surface area contributed by atoms with Crippen molar-refractivity contribution in [2.75, 3.05) is 5.32 Å². The zero-order valence-electron chi connectivity index (χ0n) is 10.4. The van der Waals surface area contributed by atoms with E-state index in [0.29, 0.717) is 11.3 Å². The number of carboxylic acids is 1. The van der Waals surface area contributed by atoms with Crippen LogP contribution < -0.4 is 5.32 Å². The van der Waals surface area contributed by atoms with Crippen LogP contribution in [0.3, 0.4) is 0 Å². The van der Waals surface area contributed by atoms with Crippen LogP contribution in [0.4, 0.5) is 5.69 Å². The van der Waals surface area contributed by atoms with Crippen LogP contribution >= 0.6 is 0 Å². The average Bonchev–Trinajstić information content (AvgIpc) is 2.38. The first-order valence-electron chi connectivity index (χ1n) is 5.78. The van der Waals surface area contributed by atoms with Crippen LogP contribution in [0, 0.1) is 0 Å². The Hall–Kier alpha value is -2.89. The number of carbonyl (C=O) groups is 1. The van der Waals surface area contributed by atoms with Crippen molar-refractivity contribution in [3.05, 3.63) is 47.5 Å². The van der Waals surface area contributed by atoms with E-state index in [0.717, 1.165) is 6.07 Å². The third-order valence-corrected chi connectivity index (χ3v) is 2.77. The molecular formula is C14H13NO5. The Morgan fingerprint density at radius 3 is 2.30 bits per heavy atom. The van der Waals surface area contributed by atoms with E-state index in [1.54, 1.807) is 0 Å². The average molecular weight is 275 g/mol. The second-order valence-electron chi connectivity index (χ2n) is 4.20. The standard InChI is InChI=1S/C14H13NO5/c16-9-3-4-12(11(5-9)14(19)20)15-7-8-1-2-10(17)6-13(8)18/h1-6,15-18H,7H2,(H,19,20). The normalized spacial score (nSPS) is 10.2. The topological polar surface area (TPSA) is 110 Å². The first kappa shape index (κ1) is 13.5. The molecule has 0 atom stereocenters. The molecule has 0 aromatic heterocycles. The molecule has 0 saturated carbocycles. The number of nitrogens with one attached hydrogen (secondary N) is 1. The molecule has 0 fully saturated rings. The predicted octanol–water partition coefficient (Wildman–Crippen LogP) is 2.11. The third kappa shape index (κ3) is 2.92. The van der Waals surface area contributed by atoms with Crippen molar-refractivity contribution in [1.82, 2.24) is 0 Å². The van der Waals surface area contributed by atoms with Gasteiger partial charge in [-0.05, 0) is 30.3 Å². The molecular weight excluding hydrogens is 262 g/mol. The maximum Gasteiger partial charge on any atom is 0.337 e. The first-order chi connectivity index (χ1) is 9.47. The largest absolute Gasteiger partial charge is 0.508 e. The third-order valence-electron chi connectivity index (χ3n) is 2.77. The Labute approximate surface area is 114 Å². The summed E-state index contributed by atoms with van der Waals surface area (Å²) in [5.74, 6) is -1.45. The van der Waals surface area contributed by atoms with Gasteiger partial charge in [0.05, 0.1) is 5.56 Å². The lowest BCUT2D eigenvalue weighted by Gasteiger charge is -2.11. The summed E-state index contributed by atoms with van der Waals surface area (Å²) in [4.78, 5) is 11.1. The number of anilines is 1. The van der Waals surface area contributed by atoms with E-state index in [9.17, 15) is 20.1 Å². The number of aromatic hydroxyl groups is 3. The zero-order valence-corrected chi connectivity index (χ0v) is 10.4. The van der Waals surface area contributed by atoms with E-state index in [2.05, 4.69) is 5.32 Å². The van der Waals surface area contributed by atoms with Gasteiger partial charge in [0.1, 0.15) is 17.2 Å². The molecule has 2 aromatic rings. The van der Waals surface area contributed by atoms with E-state index in [1.165, 1.54) is 30.3 Å². The lowest BCUT2D eigenvalue weighted by molar-refractivity contribution is 0.0697. The molecule has 0 amide bonds. The monoisotopic (exact) mass is 275 g/mol. The SMILES string of the molecule is O=C(O)c1cc(O)ccc1NCc1ccc(O)cc1O. The molecule has 5 N–H and O–H groups in total. The van der Waals surface area contributed by atoms with Gasteiger partial charge in [-0.25, -0.2) is 4.79 Å². The number of aromatic carboxylic acids is 1.